The van der Waals surface area contributed by atoms with Gasteiger partial charge in [0.1, 0.15) is 18.1 Å². The average molecular weight is 396 g/mol. The molecule has 0 unspecified atom stereocenters. The minimum atomic E-state index is -0.260. The highest BCUT2D eigenvalue weighted by Crippen LogP contribution is 2.27. The molecular weight excluding hydrogens is 374 g/mol. The van der Waals surface area contributed by atoms with E-state index in [0.717, 1.165) is 16.9 Å². The Morgan fingerprint density at radius 3 is 2.46 bits per heavy atom. The van der Waals surface area contributed by atoms with E-state index in [1.165, 1.54) is 0 Å². The van der Waals surface area contributed by atoms with Crippen molar-refractivity contribution >= 4 is 17.5 Å². The van der Waals surface area contributed by atoms with Crippen LogP contribution in [-0.2, 0) is 6.61 Å². The molecule has 144 valence electrons. The lowest BCUT2D eigenvalue weighted by Gasteiger charge is -2.18. The first-order valence-corrected chi connectivity index (χ1v) is 9.36. The Morgan fingerprint density at radius 2 is 1.71 bits per heavy atom. The third-order valence-electron chi connectivity index (χ3n) is 4.38. The molecule has 0 heterocycles. The minimum Gasteiger partial charge on any atom is -0.496 e. The first-order chi connectivity index (χ1) is 13.6. The number of hydrogen-bond donors (Lipinski definition) is 1. The molecule has 28 heavy (non-hydrogen) atoms. The molecule has 0 saturated heterocycles. The lowest BCUT2D eigenvalue weighted by atomic mass is 10.1. The number of hydrogen-bond acceptors (Lipinski definition) is 3. The van der Waals surface area contributed by atoms with E-state index in [9.17, 15) is 4.79 Å². The summed E-state index contributed by atoms with van der Waals surface area (Å²) in [5.74, 6) is 0.948. The van der Waals surface area contributed by atoms with Crippen molar-refractivity contribution in [3.8, 4) is 11.5 Å². The Hall–Kier alpha value is -2.98. The number of para-hydroxylation sites is 1. The average Bonchev–Trinajstić information content (AvgIpc) is 2.73. The third-order valence-corrected chi connectivity index (χ3v) is 4.61. The molecular formula is C23H22ClNO3. The van der Waals surface area contributed by atoms with E-state index in [1.54, 1.807) is 25.3 Å². The highest BCUT2D eigenvalue weighted by molar-refractivity contribution is 6.31. The van der Waals surface area contributed by atoms with Crippen molar-refractivity contribution in [1.29, 1.82) is 0 Å². The number of halogens is 1. The summed E-state index contributed by atoms with van der Waals surface area (Å²) in [7, 11) is 1.61. The molecule has 0 aliphatic rings. The zero-order valence-corrected chi connectivity index (χ0v) is 16.6. The van der Waals surface area contributed by atoms with E-state index >= 15 is 0 Å². The molecule has 1 N–H and O–H groups in total. The Labute approximate surface area is 170 Å². The van der Waals surface area contributed by atoms with E-state index in [1.807, 2.05) is 61.5 Å². The molecule has 0 aromatic heterocycles. The van der Waals surface area contributed by atoms with Crippen LogP contribution in [-0.4, -0.2) is 13.0 Å². The van der Waals surface area contributed by atoms with Gasteiger partial charge < -0.3 is 14.8 Å². The summed E-state index contributed by atoms with van der Waals surface area (Å²) in [6, 6.07) is 22.2. The SMILES string of the molecule is COc1ccccc1[C@@H](C)NC(=O)c1cc(Cl)ccc1OCc1ccccc1. The molecule has 1 amide bonds. The van der Waals surface area contributed by atoms with Crippen LogP contribution in [0, 0.1) is 0 Å². The topological polar surface area (TPSA) is 47.6 Å². The molecule has 3 aromatic rings. The zero-order chi connectivity index (χ0) is 19.9. The number of benzene rings is 3. The number of nitrogens with one attached hydrogen (secondary N) is 1. The second-order valence-corrected chi connectivity index (χ2v) is 6.79. The molecule has 0 aliphatic heterocycles. The van der Waals surface area contributed by atoms with Gasteiger partial charge in [-0.1, -0.05) is 60.1 Å². The van der Waals surface area contributed by atoms with Crippen molar-refractivity contribution in [3.05, 3.63) is 94.5 Å². The quantitative estimate of drug-likeness (QED) is 0.581. The number of rotatable bonds is 7. The number of amides is 1. The number of carbonyl (C=O) groups is 1. The van der Waals surface area contributed by atoms with Crippen LogP contribution in [0.3, 0.4) is 0 Å². The molecule has 1 atom stereocenters. The van der Waals surface area contributed by atoms with Crippen LogP contribution in [0.4, 0.5) is 0 Å². The van der Waals surface area contributed by atoms with Gasteiger partial charge in [0, 0.05) is 10.6 Å². The fourth-order valence-electron chi connectivity index (χ4n) is 2.92. The molecule has 3 aromatic carbocycles. The minimum absolute atomic E-state index is 0.246. The van der Waals surface area contributed by atoms with Crippen molar-refractivity contribution in [2.45, 2.75) is 19.6 Å². The van der Waals surface area contributed by atoms with E-state index in [0.29, 0.717) is 22.9 Å². The van der Waals surface area contributed by atoms with Gasteiger partial charge in [0.2, 0.25) is 0 Å². The molecule has 0 aliphatic carbocycles. The largest absolute Gasteiger partial charge is 0.496 e. The maximum atomic E-state index is 12.9. The molecule has 0 radical (unpaired) electrons. The zero-order valence-electron chi connectivity index (χ0n) is 15.8. The molecule has 3 rings (SSSR count). The van der Waals surface area contributed by atoms with E-state index in [-0.39, 0.29) is 11.9 Å². The van der Waals surface area contributed by atoms with Crippen molar-refractivity contribution in [1.82, 2.24) is 5.32 Å². The van der Waals surface area contributed by atoms with Crippen LogP contribution in [0.25, 0.3) is 0 Å². The van der Waals surface area contributed by atoms with Gasteiger partial charge in [0.15, 0.2) is 0 Å². The van der Waals surface area contributed by atoms with Crippen LogP contribution in [0.5, 0.6) is 11.5 Å². The molecule has 0 saturated carbocycles. The Bertz CT molecular complexity index is 944. The van der Waals surface area contributed by atoms with Crippen LogP contribution in [0.1, 0.15) is 34.5 Å². The third kappa shape index (κ3) is 4.84. The second kappa shape index (κ2) is 9.29. The fourth-order valence-corrected chi connectivity index (χ4v) is 3.09. The monoisotopic (exact) mass is 395 g/mol. The van der Waals surface area contributed by atoms with E-state index in [2.05, 4.69) is 5.32 Å². The summed E-state index contributed by atoms with van der Waals surface area (Å²) in [6.07, 6.45) is 0. The van der Waals surface area contributed by atoms with Gasteiger partial charge in [-0.3, -0.25) is 4.79 Å². The lowest BCUT2D eigenvalue weighted by molar-refractivity contribution is 0.0935. The van der Waals surface area contributed by atoms with E-state index < -0.39 is 0 Å². The predicted molar refractivity (Wildman–Crippen MR) is 111 cm³/mol. The second-order valence-electron chi connectivity index (χ2n) is 6.35. The van der Waals surface area contributed by atoms with Gasteiger partial charge in [0.25, 0.3) is 5.91 Å². The maximum absolute atomic E-state index is 12.9. The highest BCUT2D eigenvalue weighted by atomic mass is 35.5. The van der Waals surface area contributed by atoms with Crippen molar-refractivity contribution in [2.75, 3.05) is 7.11 Å². The summed E-state index contributed by atoms with van der Waals surface area (Å²) < 4.78 is 11.3. The molecule has 0 spiro atoms. The number of ether oxygens (including phenoxy) is 2. The van der Waals surface area contributed by atoms with Crippen LogP contribution >= 0.6 is 11.6 Å². The normalized spacial score (nSPS) is 11.5. The first kappa shape index (κ1) is 19.8. The van der Waals surface area contributed by atoms with Gasteiger partial charge in [0.05, 0.1) is 18.7 Å². The Kier molecular flexibility index (Phi) is 6.56. The standard InChI is InChI=1S/C23H22ClNO3/c1-16(19-10-6-7-11-21(19)27-2)25-23(26)20-14-18(24)12-13-22(20)28-15-17-8-4-3-5-9-17/h3-14,16H,15H2,1-2H3,(H,25,26)/t16-/m1/s1. The smallest absolute Gasteiger partial charge is 0.255 e. The molecule has 0 fully saturated rings. The van der Waals surface area contributed by atoms with Gasteiger partial charge in [-0.25, -0.2) is 0 Å². The summed E-state index contributed by atoms with van der Waals surface area (Å²) >= 11 is 6.12. The summed E-state index contributed by atoms with van der Waals surface area (Å²) in [5.41, 5.74) is 2.31. The lowest BCUT2D eigenvalue weighted by Crippen LogP contribution is -2.27. The van der Waals surface area contributed by atoms with Gasteiger partial charge in [-0.2, -0.15) is 0 Å². The van der Waals surface area contributed by atoms with Crippen LogP contribution in [0.2, 0.25) is 5.02 Å². The number of carbonyl (C=O) groups excluding carboxylic acids is 1. The highest BCUT2D eigenvalue weighted by Gasteiger charge is 2.18. The fraction of sp³-hybridized carbons (Fsp3) is 0.174. The summed E-state index contributed by atoms with van der Waals surface area (Å²) in [5, 5.41) is 3.47. The van der Waals surface area contributed by atoms with Crippen molar-refractivity contribution in [3.63, 3.8) is 0 Å². The Balaban J connectivity index is 1.78. The van der Waals surface area contributed by atoms with Gasteiger partial charge in [-0.15, -0.1) is 0 Å². The molecule has 4 nitrogen and oxygen atoms in total. The Morgan fingerprint density at radius 1 is 1.00 bits per heavy atom. The molecule has 0 bridgehead atoms. The first-order valence-electron chi connectivity index (χ1n) is 8.98. The van der Waals surface area contributed by atoms with Gasteiger partial charge >= 0.3 is 0 Å². The van der Waals surface area contributed by atoms with Crippen LogP contribution < -0.4 is 14.8 Å². The van der Waals surface area contributed by atoms with Crippen LogP contribution in [0.15, 0.2) is 72.8 Å². The van der Waals surface area contributed by atoms with Crippen molar-refractivity contribution < 1.29 is 14.3 Å². The maximum Gasteiger partial charge on any atom is 0.255 e. The molecule has 5 heteroatoms. The van der Waals surface area contributed by atoms with E-state index in [4.69, 9.17) is 21.1 Å². The van der Waals surface area contributed by atoms with Gasteiger partial charge in [-0.05, 0) is 36.8 Å². The number of methoxy groups -OCH3 is 1. The predicted octanol–water partition coefficient (Wildman–Crippen LogP) is 5.42. The summed E-state index contributed by atoms with van der Waals surface area (Å²) in [6.45, 7) is 2.27. The summed E-state index contributed by atoms with van der Waals surface area (Å²) in [4.78, 5) is 12.9. The van der Waals surface area contributed by atoms with Crippen molar-refractivity contribution in [2.24, 2.45) is 0 Å².